The number of hydrogen-bond acceptors (Lipinski definition) is 3. The molecule has 1 aromatic carbocycles. The van der Waals surface area contributed by atoms with Gasteiger partial charge in [0.15, 0.2) is 0 Å². The number of rotatable bonds is 3. The van der Waals surface area contributed by atoms with Crippen molar-refractivity contribution < 1.29 is 4.79 Å². The number of carbonyl (C=O) groups excluding carboxylic acids is 1. The molecule has 1 amide bonds. The van der Waals surface area contributed by atoms with Crippen molar-refractivity contribution in [2.45, 2.75) is 13.8 Å². The third kappa shape index (κ3) is 1.93. The molecule has 3 nitrogen and oxygen atoms in total. The first-order chi connectivity index (χ1) is 7.76. The van der Waals surface area contributed by atoms with Crippen LogP contribution in [-0.4, -0.2) is 28.9 Å². The highest BCUT2D eigenvalue weighted by atomic mass is 32.1. The Morgan fingerprint density at radius 3 is 2.81 bits per heavy atom. The molecular formula is C12H14N2OS. The zero-order chi connectivity index (χ0) is 11.5. The van der Waals surface area contributed by atoms with Gasteiger partial charge >= 0.3 is 0 Å². The number of aromatic nitrogens is 1. The quantitative estimate of drug-likeness (QED) is 0.818. The number of thiazole rings is 1. The van der Waals surface area contributed by atoms with E-state index in [-0.39, 0.29) is 5.91 Å². The van der Waals surface area contributed by atoms with E-state index in [2.05, 4.69) is 4.98 Å². The lowest BCUT2D eigenvalue weighted by Gasteiger charge is -2.18. The molecule has 1 heterocycles. The van der Waals surface area contributed by atoms with Crippen LogP contribution in [0.4, 0.5) is 0 Å². The van der Waals surface area contributed by atoms with Crippen LogP contribution in [-0.2, 0) is 0 Å². The highest BCUT2D eigenvalue weighted by molar-refractivity contribution is 7.16. The maximum atomic E-state index is 12.1. The molecule has 0 bridgehead atoms. The first-order valence-electron chi connectivity index (χ1n) is 5.38. The number of benzene rings is 1. The van der Waals surface area contributed by atoms with Crippen molar-refractivity contribution in [3.05, 3.63) is 29.3 Å². The molecule has 0 spiro atoms. The Morgan fingerprint density at radius 2 is 2.12 bits per heavy atom. The number of fused-ring (bicyclic) bond motifs is 1. The number of hydrogen-bond donors (Lipinski definition) is 0. The van der Waals surface area contributed by atoms with Gasteiger partial charge < -0.3 is 4.90 Å². The normalized spacial score (nSPS) is 10.6. The van der Waals surface area contributed by atoms with Crippen molar-refractivity contribution in [3.63, 3.8) is 0 Å². The zero-order valence-corrected chi connectivity index (χ0v) is 10.3. The second-order valence-corrected chi connectivity index (χ2v) is 4.40. The van der Waals surface area contributed by atoms with Crippen molar-refractivity contribution >= 4 is 27.5 Å². The molecule has 84 valence electrons. The van der Waals surface area contributed by atoms with Gasteiger partial charge in [0.1, 0.15) is 0 Å². The highest BCUT2D eigenvalue weighted by Gasteiger charge is 2.12. The molecule has 0 aliphatic carbocycles. The molecule has 2 rings (SSSR count). The standard InChI is InChI=1S/C12H14N2OS/c1-3-14(4-2)12(15)9-5-6-10-11(7-9)16-8-13-10/h5-8H,3-4H2,1-2H3. The fraction of sp³-hybridized carbons (Fsp3) is 0.333. The van der Waals surface area contributed by atoms with E-state index >= 15 is 0 Å². The first-order valence-corrected chi connectivity index (χ1v) is 6.26. The minimum absolute atomic E-state index is 0.0975. The second-order valence-electron chi connectivity index (χ2n) is 3.51. The van der Waals surface area contributed by atoms with Crippen LogP contribution in [0.2, 0.25) is 0 Å². The molecule has 0 saturated heterocycles. The molecule has 0 N–H and O–H groups in total. The SMILES string of the molecule is CCN(CC)C(=O)c1ccc2ncsc2c1. The zero-order valence-electron chi connectivity index (χ0n) is 9.43. The highest BCUT2D eigenvalue weighted by Crippen LogP contribution is 2.19. The Kier molecular flexibility index (Phi) is 3.19. The molecule has 0 aliphatic heterocycles. The lowest BCUT2D eigenvalue weighted by Crippen LogP contribution is -2.30. The Labute approximate surface area is 98.7 Å². The van der Waals surface area contributed by atoms with Crippen LogP contribution in [0.25, 0.3) is 10.2 Å². The van der Waals surface area contributed by atoms with E-state index in [0.717, 1.165) is 28.9 Å². The lowest BCUT2D eigenvalue weighted by atomic mass is 10.2. The fourth-order valence-electron chi connectivity index (χ4n) is 1.68. The summed E-state index contributed by atoms with van der Waals surface area (Å²) in [5.74, 6) is 0.0975. The van der Waals surface area contributed by atoms with Crippen LogP contribution in [0.5, 0.6) is 0 Å². The van der Waals surface area contributed by atoms with Gasteiger partial charge in [-0.2, -0.15) is 0 Å². The van der Waals surface area contributed by atoms with Gasteiger partial charge in [-0.3, -0.25) is 4.79 Å². The average molecular weight is 234 g/mol. The summed E-state index contributed by atoms with van der Waals surface area (Å²) in [7, 11) is 0. The van der Waals surface area contributed by atoms with Crippen molar-refractivity contribution in [2.75, 3.05) is 13.1 Å². The van der Waals surface area contributed by atoms with Gasteiger partial charge in [0.25, 0.3) is 5.91 Å². The van der Waals surface area contributed by atoms with Gasteiger partial charge in [-0.05, 0) is 32.0 Å². The van der Waals surface area contributed by atoms with Crippen molar-refractivity contribution in [1.82, 2.24) is 9.88 Å². The Hall–Kier alpha value is -1.42. The van der Waals surface area contributed by atoms with E-state index in [0.29, 0.717) is 0 Å². The Morgan fingerprint density at radius 1 is 1.38 bits per heavy atom. The summed E-state index contributed by atoms with van der Waals surface area (Å²) in [4.78, 5) is 18.1. The van der Waals surface area contributed by atoms with Gasteiger partial charge in [-0.1, -0.05) is 0 Å². The summed E-state index contributed by atoms with van der Waals surface area (Å²) in [5.41, 5.74) is 3.51. The average Bonchev–Trinajstić information content (AvgIpc) is 2.77. The van der Waals surface area contributed by atoms with Crippen LogP contribution in [0, 0.1) is 0 Å². The summed E-state index contributed by atoms with van der Waals surface area (Å²) in [6, 6.07) is 5.68. The number of amides is 1. The van der Waals surface area contributed by atoms with E-state index in [1.807, 2.05) is 36.9 Å². The molecule has 2 aromatic rings. The molecular weight excluding hydrogens is 220 g/mol. The largest absolute Gasteiger partial charge is 0.339 e. The van der Waals surface area contributed by atoms with E-state index in [9.17, 15) is 4.79 Å². The second kappa shape index (κ2) is 4.61. The monoisotopic (exact) mass is 234 g/mol. The van der Waals surface area contributed by atoms with Gasteiger partial charge in [-0.25, -0.2) is 4.98 Å². The molecule has 4 heteroatoms. The maximum Gasteiger partial charge on any atom is 0.253 e. The molecule has 0 radical (unpaired) electrons. The number of nitrogens with zero attached hydrogens (tertiary/aromatic N) is 2. The fourth-order valence-corrected chi connectivity index (χ4v) is 2.40. The molecule has 0 atom stereocenters. The van der Waals surface area contributed by atoms with Gasteiger partial charge in [-0.15, -0.1) is 11.3 Å². The predicted octanol–water partition coefficient (Wildman–Crippen LogP) is 2.78. The minimum atomic E-state index is 0.0975. The lowest BCUT2D eigenvalue weighted by molar-refractivity contribution is 0.0773. The smallest absolute Gasteiger partial charge is 0.253 e. The molecule has 0 fully saturated rings. The van der Waals surface area contributed by atoms with Crippen LogP contribution in [0.1, 0.15) is 24.2 Å². The van der Waals surface area contributed by atoms with E-state index in [1.54, 1.807) is 16.8 Å². The molecule has 16 heavy (non-hydrogen) atoms. The summed E-state index contributed by atoms with van der Waals surface area (Å²) < 4.78 is 1.07. The third-order valence-electron chi connectivity index (χ3n) is 2.63. The van der Waals surface area contributed by atoms with Crippen LogP contribution in [0.15, 0.2) is 23.7 Å². The maximum absolute atomic E-state index is 12.1. The van der Waals surface area contributed by atoms with Crippen molar-refractivity contribution in [2.24, 2.45) is 0 Å². The van der Waals surface area contributed by atoms with Gasteiger partial charge in [0.05, 0.1) is 15.7 Å². The molecule has 1 aromatic heterocycles. The van der Waals surface area contributed by atoms with Crippen LogP contribution in [0.3, 0.4) is 0 Å². The van der Waals surface area contributed by atoms with Crippen LogP contribution < -0.4 is 0 Å². The van der Waals surface area contributed by atoms with Crippen LogP contribution >= 0.6 is 11.3 Å². The topological polar surface area (TPSA) is 33.2 Å². The van der Waals surface area contributed by atoms with Gasteiger partial charge in [0.2, 0.25) is 0 Å². The van der Waals surface area contributed by atoms with E-state index < -0.39 is 0 Å². The third-order valence-corrected chi connectivity index (χ3v) is 3.42. The summed E-state index contributed by atoms with van der Waals surface area (Å²) in [6.07, 6.45) is 0. The summed E-state index contributed by atoms with van der Waals surface area (Å²) in [6.45, 7) is 5.48. The summed E-state index contributed by atoms with van der Waals surface area (Å²) >= 11 is 1.56. The van der Waals surface area contributed by atoms with Gasteiger partial charge in [0, 0.05) is 18.7 Å². The molecule has 0 unspecified atom stereocenters. The van der Waals surface area contributed by atoms with Crippen molar-refractivity contribution in [3.8, 4) is 0 Å². The van der Waals surface area contributed by atoms with Crippen molar-refractivity contribution in [1.29, 1.82) is 0 Å². The first kappa shape index (κ1) is 11.1. The Balaban J connectivity index is 2.35. The Bertz CT molecular complexity index is 502. The summed E-state index contributed by atoms with van der Waals surface area (Å²) in [5, 5.41) is 0. The van der Waals surface area contributed by atoms with E-state index in [1.165, 1.54) is 0 Å². The molecule has 0 aliphatic rings. The minimum Gasteiger partial charge on any atom is -0.339 e. The van der Waals surface area contributed by atoms with E-state index in [4.69, 9.17) is 0 Å². The molecule has 0 saturated carbocycles. The predicted molar refractivity (Wildman–Crippen MR) is 66.9 cm³/mol. The number of carbonyl (C=O) groups is 1.